The van der Waals surface area contributed by atoms with Gasteiger partial charge in [-0.05, 0) is 23.7 Å². The highest BCUT2D eigenvalue weighted by molar-refractivity contribution is 5.59. The van der Waals surface area contributed by atoms with Crippen LogP contribution in [0, 0.1) is 51.1 Å². The van der Waals surface area contributed by atoms with Crippen LogP contribution in [-0.2, 0) is 0 Å². The predicted molar refractivity (Wildman–Crippen MR) is 93.3 cm³/mol. The van der Waals surface area contributed by atoms with E-state index in [2.05, 4.69) is 11.0 Å². The van der Waals surface area contributed by atoms with Gasteiger partial charge in [0.1, 0.15) is 11.9 Å². The second-order valence-corrected chi connectivity index (χ2v) is 6.55. The zero-order chi connectivity index (χ0) is 18.9. The van der Waals surface area contributed by atoms with Crippen LogP contribution in [0.3, 0.4) is 0 Å². The van der Waals surface area contributed by atoms with Gasteiger partial charge in [-0.25, -0.2) is 4.39 Å². The molecule has 0 bridgehead atoms. The number of hydrogen-bond acceptors (Lipinski definition) is 5. The monoisotopic (exact) mass is 347 g/mol. The summed E-state index contributed by atoms with van der Waals surface area (Å²) in [5.74, 6) is -1.62. The Morgan fingerprint density at radius 3 is 2.54 bits per heavy atom. The average molecular weight is 347 g/mol. The second kappa shape index (κ2) is 6.64. The molecular weight excluding hydrogens is 329 g/mol. The van der Waals surface area contributed by atoms with Crippen LogP contribution in [0.1, 0.15) is 18.4 Å². The van der Waals surface area contributed by atoms with Gasteiger partial charge in [-0.3, -0.25) is 4.90 Å². The first-order valence-electron chi connectivity index (χ1n) is 8.44. The molecule has 5 nitrogen and oxygen atoms in total. The Balaban J connectivity index is 2.34. The first-order chi connectivity index (χ1) is 12.5. The minimum Gasteiger partial charge on any atom is -0.399 e. The second-order valence-electron chi connectivity index (χ2n) is 6.55. The molecule has 2 atom stereocenters. The van der Waals surface area contributed by atoms with E-state index in [1.54, 1.807) is 18.2 Å². The summed E-state index contributed by atoms with van der Waals surface area (Å²) in [6.07, 6.45) is 1.91. The number of hydrogen-bond donors (Lipinski definition) is 1. The quantitative estimate of drug-likeness (QED) is 0.886. The third-order valence-corrected chi connectivity index (χ3v) is 5.43. The maximum atomic E-state index is 14.7. The van der Waals surface area contributed by atoms with E-state index in [9.17, 15) is 20.2 Å². The van der Waals surface area contributed by atoms with Gasteiger partial charge in [0.2, 0.25) is 0 Å². The minimum atomic E-state index is -1.79. The molecule has 1 heterocycles. The number of likely N-dealkylation sites (N-methyl/N-ethyl adjacent to an activating group) is 1. The summed E-state index contributed by atoms with van der Waals surface area (Å²) < 4.78 is 14.7. The van der Waals surface area contributed by atoms with Crippen molar-refractivity contribution in [3.63, 3.8) is 0 Å². The Labute approximate surface area is 152 Å². The molecular formula is C20H18FN5. The SMILES string of the molecule is CCN1CC=C2C(C#N)=C(N)C(C#N)(C#N)[C@@H](c3ccccc3F)[C@H]2C1. The van der Waals surface area contributed by atoms with E-state index in [1.807, 2.05) is 25.1 Å². The largest absolute Gasteiger partial charge is 0.399 e. The lowest BCUT2D eigenvalue weighted by Crippen LogP contribution is -2.48. The molecule has 130 valence electrons. The molecule has 1 aromatic rings. The first-order valence-corrected chi connectivity index (χ1v) is 8.44. The van der Waals surface area contributed by atoms with Crippen molar-refractivity contribution in [3.05, 3.63) is 58.6 Å². The van der Waals surface area contributed by atoms with Crippen molar-refractivity contribution in [2.45, 2.75) is 12.8 Å². The van der Waals surface area contributed by atoms with E-state index in [1.165, 1.54) is 6.07 Å². The summed E-state index contributed by atoms with van der Waals surface area (Å²) in [5.41, 5.74) is 5.49. The van der Waals surface area contributed by atoms with Crippen LogP contribution >= 0.6 is 0 Å². The topological polar surface area (TPSA) is 101 Å². The van der Waals surface area contributed by atoms with Crippen LogP contribution in [0.4, 0.5) is 4.39 Å². The summed E-state index contributed by atoms with van der Waals surface area (Å²) in [5, 5.41) is 29.4. The maximum absolute atomic E-state index is 14.7. The van der Waals surface area contributed by atoms with Gasteiger partial charge in [0.15, 0.2) is 5.41 Å². The molecule has 0 aromatic heterocycles. The highest BCUT2D eigenvalue weighted by atomic mass is 19.1. The Hall–Kier alpha value is -3.14. The first kappa shape index (κ1) is 17.7. The van der Waals surface area contributed by atoms with Crippen molar-refractivity contribution in [1.82, 2.24) is 4.90 Å². The number of nitriles is 3. The number of nitrogens with two attached hydrogens (primary N) is 1. The van der Waals surface area contributed by atoms with Crippen LogP contribution in [0.25, 0.3) is 0 Å². The van der Waals surface area contributed by atoms with Gasteiger partial charge in [0, 0.05) is 24.9 Å². The van der Waals surface area contributed by atoms with Crippen molar-refractivity contribution in [3.8, 4) is 18.2 Å². The van der Waals surface area contributed by atoms with Gasteiger partial charge < -0.3 is 5.73 Å². The van der Waals surface area contributed by atoms with E-state index in [4.69, 9.17) is 5.73 Å². The lowest BCUT2D eigenvalue weighted by Gasteiger charge is -2.45. The molecule has 0 unspecified atom stereocenters. The summed E-state index contributed by atoms with van der Waals surface area (Å²) in [6, 6.07) is 12.3. The van der Waals surface area contributed by atoms with Crippen LogP contribution in [-0.4, -0.2) is 24.5 Å². The molecule has 0 saturated heterocycles. The smallest absolute Gasteiger partial charge is 0.191 e. The van der Waals surface area contributed by atoms with Crippen molar-refractivity contribution in [2.75, 3.05) is 19.6 Å². The predicted octanol–water partition coefficient (Wildman–Crippen LogP) is 2.57. The fourth-order valence-electron chi connectivity index (χ4n) is 4.07. The standard InChI is InChI=1S/C20H18FN5/c1-2-26-8-7-13-15(9-22)19(25)20(11-23,12-24)18(16(13)10-26)14-5-3-4-6-17(14)21/h3-7,16,18H,2,8,10,25H2,1H3/t16-,18-/m0/s1. The summed E-state index contributed by atoms with van der Waals surface area (Å²) >= 11 is 0. The van der Waals surface area contributed by atoms with Gasteiger partial charge in [-0.15, -0.1) is 0 Å². The summed E-state index contributed by atoms with van der Waals surface area (Å²) in [7, 11) is 0. The molecule has 1 aliphatic carbocycles. The number of benzene rings is 1. The number of fused-ring (bicyclic) bond motifs is 1. The van der Waals surface area contributed by atoms with E-state index in [0.717, 1.165) is 6.54 Å². The molecule has 1 aromatic carbocycles. The molecule has 0 spiro atoms. The Bertz CT molecular complexity index is 911. The van der Waals surface area contributed by atoms with Crippen LogP contribution in [0.15, 0.2) is 47.2 Å². The van der Waals surface area contributed by atoms with Crippen LogP contribution in [0.5, 0.6) is 0 Å². The molecule has 3 rings (SSSR count). The number of halogens is 1. The third-order valence-electron chi connectivity index (χ3n) is 5.43. The number of allylic oxidation sites excluding steroid dienone is 2. The molecule has 1 aliphatic heterocycles. The van der Waals surface area contributed by atoms with Gasteiger partial charge in [-0.2, -0.15) is 15.8 Å². The molecule has 2 aliphatic rings. The van der Waals surface area contributed by atoms with E-state index >= 15 is 0 Å². The summed E-state index contributed by atoms with van der Waals surface area (Å²) in [6.45, 7) is 3.97. The lowest BCUT2D eigenvalue weighted by atomic mass is 9.58. The molecule has 0 amide bonds. The van der Waals surface area contributed by atoms with E-state index in [0.29, 0.717) is 18.7 Å². The highest BCUT2D eigenvalue weighted by Gasteiger charge is 2.55. The Morgan fingerprint density at radius 1 is 1.27 bits per heavy atom. The fraction of sp³-hybridized carbons (Fsp3) is 0.350. The molecule has 6 heteroatoms. The number of nitrogens with zero attached hydrogens (tertiary/aromatic N) is 4. The van der Waals surface area contributed by atoms with Gasteiger partial charge in [0.25, 0.3) is 0 Å². The third kappa shape index (κ3) is 2.37. The summed E-state index contributed by atoms with van der Waals surface area (Å²) in [4.78, 5) is 2.14. The Kier molecular flexibility index (Phi) is 4.51. The molecule has 26 heavy (non-hydrogen) atoms. The fourth-order valence-corrected chi connectivity index (χ4v) is 4.07. The average Bonchev–Trinajstić information content (AvgIpc) is 2.67. The molecule has 0 fully saturated rings. The van der Waals surface area contributed by atoms with Gasteiger partial charge in [-0.1, -0.05) is 31.2 Å². The normalized spacial score (nSPS) is 24.7. The molecule has 0 radical (unpaired) electrons. The Morgan fingerprint density at radius 2 is 1.96 bits per heavy atom. The van der Waals surface area contributed by atoms with Crippen molar-refractivity contribution in [2.24, 2.45) is 17.1 Å². The molecule has 2 N–H and O–H groups in total. The maximum Gasteiger partial charge on any atom is 0.191 e. The zero-order valence-corrected chi connectivity index (χ0v) is 14.4. The van der Waals surface area contributed by atoms with Crippen LogP contribution in [0.2, 0.25) is 0 Å². The van der Waals surface area contributed by atoms with Gasteiger partial charge >= 0.3 is 0 Å². The van der Waals surface area contributed by atoms with Crippen molar-refractivity contribution in [1.29, 1.82) is 15.8 Å². The van der Waals surface area contributed by atoms with Crippen molar-refractivity contribution >= 4 is 0 Å². The minimum absolute atomic E-state index is 0.0781. The zero-order valence-electron chi connectivity index (χ0n) is 14.4. The van der Waals surface area contributed by atoms with Gasteiger partial charge in [0.05, 0.1) is 23.4 Å². The molecule has 0 saturated carbocycles. The van der Waals surface area contributed by atoms with E-state index < -0.39 is 17.2 Å². The lowest BCUT2D eigenvalue weighted by molar-refractivity contribution is 0.212. The van der Waals surface area contributed by atoms with E-state index in [-0.39, 0.29) is 22.8 Å². The van der Waals surface area contributed by atoms with Crippen molar-refractivity contribution < 1.29 is 4.39 Å². The van der Waals surface area contributed by atoms with Crippen LogP contribution < -0.4 is 5.73 Å². The highest BCUT2D eigenvalue weighted by Crippen LogP contribution is 2.54. The number of rotatable bonds is 2.